The van der Waals surface area contributed by atoms with Gasteiger partial charge in [0.1, 0.15) is 0 Å². The van der Waals surface area contributed by atoms with Gasteiger partial charge < -0.3 is 14.7 Å². The fraction of sp³-hybridized carbons (Fsp3) is 0.100. The number of benzene rings is 3. The minimum Gasteiger partial charge on any atom is -0.345 e. The summed E-state index contributed by atoms with van der Waals surface area (Å²) in [6.07, 6.45) is 5.18. The zero-order valence-corrected chi connectivity index (χ0v) is 21.7. The summed E-state index contributed by atoms with van der Waals surface area (Å²) in [6.45, 7) is 0. The topological polar surface area (TPSA) is 95.7 Å². The highest BCUT2D eigenvalue weighted by molar-refractivity contribution is 6.06. The van der Waals surface area contributed by atoms with Gasteiger partial charge in [0.05, 0.1) is 16.1 Å². The first-order valence-corrected chi connectivity index (χ1v) is 12.2. The Bertz CT molecular complexity index is 1640. The maximum Gasteiger partial charge on any atom is 0.270 e. The molecule has 0 radical (unpaired) electrons. The van der Waals surface area contributed by atoms with Crippen LogP contribution < -0.4 is 14.7 Å². The summed E-state index contributed by atoms with van der Waals surface area (Å²) in [4.78, 5) is 38.1. The number of aromatic nitrogens is 2. The Hall–Kier alpha value is -5.31. The van der Waals surface area contributed by atoms with Gasteiger partial charge in [-0.1, -0.05) is 0 Å². The summed E-state index contributed by atoms with van der Waals surface area (Å²) in [5, 5.41) is 12.0. The Kier molecular flexibility index (Phi) is 6.88. The number of fused-ring (bicyclic) bond motifs is 1. The lowest BCUT2D eigenvalue weighted by molar-refractivity contribution is -0.384. The quantitative estimate of drug-likeness (QED) is 0.183. The smallest absolute Gasteiger partial charge is 0.270 e. The molecule has 9 nitrogen and oxygen atoms in total. The first kappa shape index (κ1) is 25.3. The van der Waals surface area contributed by atoms with E-state index in [0.717, 1.165) is 28.4 Å². The molecule has 39 heavy (non-hydrogen) atoms. The Labute approximate surface area is 225 Å². The van der Waals surface area contributed by atoms with Gasteiger partial charge in [0, 0.05) is 85.6 Å². The molecule has 9 heteroatoms. The highest BCUT2D eigenvalue weighted by atomic mass is 16.6. The molecule has 0 saturated heterocycles. The molecule has 194 valence electrons. The number of nitro benzene ring substituents is 1. The van der Waals surface area contributed by atoms with E-state index in [1.807, 2.05) is 78.5 Å². The van der Waals surface area contributed by atoms with E-state index >= 15 is 0 Å². The van der Waals surface area contributed by atoms with Crippen LogP contribution in [0.2, 0.25) is 0 Å². The van der Waals surface area contributed by atoms with Crippen molar-refractivity contribution in [2.24, 2.45) is 0 Å². The zero-order chi connectivity index (χ0) is 27.5. The summed E-state index contributed by atoms with van der Waals surface area (Å²) in [5.41, 5.74) is 5.61. The second kappa shape index (κ2) is 10.6. The molecule has 2 aromatic heterocycles. The Morgan fingerprint density at radius 3 is 1.97 bits per heavy atom. The van der Waals surface area contributed by atoms with Crippen LogP contribution in [0.3, 0.4) is 0 Å². The predicted octanol–water partition coefficient (Wildman–Crippen LogP) is 6.35. The molecule has 0 bridgehead atoms. The largest absolute Gasteiger partial charge is 0.345 e. The molecule has 5 rings (SSSR count). The van der Waals surface area contributed by atoms with Gasteiger partial charge in [-0.05, 0) is 72.8 Å². The van der Waals surface area contributed by atoms with Crippen LogP contribution in [0.1, 0.15) is 10.4 Å². The number of carbonyl (C=O) groups is 1. The summed E-state index contributed by atoms with van der Waals surface area (Å²) in [5.74, 6) is -0.135. The lowest BCUT2D eigenvalue weighted by atomic mass is 10.1. The van der Waals surface area contributed by atoms with Crippen molar-refractivity contribution in [3.63, 3.8) is 0 Å². The summed E-state index contributed by atoms with van der Waals surface area (Å²) in [6, 6.07) is 25.4. The van der Waals surface area contributed by atoms with Crippen LogP contribution >= 0.6 is 0 Å². The van der Waals surface area contributed by atoms with Gasteiger partial charge in [-0.3, -0.25) is 24.9 Å². The van der Waals surface area contributed by atoms with Gasteiger partial charge in [0.25, 0.3) is 11.6 Å². The molecule has 0 fully saturated rings. The number of pyridine rings is 2. The Morgan fingerprint density at radius 1 is 0.718 bits per heavy atom. The van der Waals surface area contributed by atoms with E-state index in [-0.39, 0.29) is 11.6 Å². The fourth-order valence-corrected chi connectivity index (χ4v) is 4.42. The molecular weight excluding hydrogens is 492 g/mol. The summed E-state index contributed by atoms with van der Waals surface area (Å²) in [7, 11) is 5.61. The fourth-order valence-electron chi connectivity index (χ4n) is 4.42. The van der Waals surface area contributed by atoms with Crippen LogP contribution in [0, 0.1) is 10.1 Å². The van der Waals surface area contributed by atoms with E-state index in [0.29, 0.717) is 16.5 Å². The number of hydrogen-bond acceptors (Lipinski definition) is 7. The number of carbonyl (C=O) groups excluding carboxylic acids is 1. The monoisotopic (exact) mass is 518 g/mol. The first-order valence-electron chi connectivity index (χ1n) is 12.2. The van der Waals surface area contributed by atoms with Crippen LogP contribution in [0.15, 0.2) is 104 Å². The van der Waals surface area contributed by atoms with E-state index in [1.165, 1.54) is 12.1 Å². The summed E-state index contributed by atoms with van der Waals surface area (Å²) < 4.78 is 0. The number of hydrogen-bond donors (Lipinski definition) is 0. The maximum absolute atomic E-state index is 13.2. The number of nitrogens with zero attached hydrogens (tertiary/aromatic N) is 6. The molecule has 0 atom stereocenters. The molecule has 0 N–H and O–H groups in total. The van der Waals surface area contributed by atoms with Crippen LogP contribution in [0.25, 0.3) is 10.9 Å². The molecule has 0 saturated carbocycles. The van der Waals surface area contributed by atoms with Crippen molar-refractivity contribution < 1.29 is 9.72 Å². The normalized spacial score (nSPS) is 10.7. The number of non-ortho nitro benzene ring substituents is 1. The molecule has 0 unspecified atom stereocenters. The molecule has 5 aromatic rings. The number of rotatable bonds is 7. The minimum atomic E-state index is -0.417. The van der Waals surface area contributed by atoms with Gasteiger partial charge in [-0.2, -0.15) is 0 Å². The highest BCUT2D eigenvalue weighted by Crippen LogP contribution is 2.33. The van der Waals surface area contributed by atoms with Gasteiger partial charge >= 0.3 is 0 Å². The molecule has 3 aromatic carbocycles. The third kappa shape index (κ3) is 5.10. The van der Waals surface area contributed by atoms with Crippen molar-refractivity contribution in [3.8, 4) is 0 Å². The Balaban J connectivity index is 1.33. The van der Waals surface area contributed by atoms with Crippen molar-refractivity contribution in [1.82, 2.24) is 9.97 Å². The number of anilines is 5. The minimum absolute atomic E-state index is 0.00572. The average Bonchev–Trinajstić information content (AvgIpc) is 2.99. The van der Waals surface area contributed by atoms with Gasteiger partial charge in [-0.25, -0.2) is 0 Å². The highest BCUT2D eigenvalue weighted by Gasteiger charge is 2.16. The van der Waals surface area contributed by atoms with Crippen molar-refractivity contribution in [2.75, 3.05) is 35.8 Å². The molecule has 0 spiro atoms. The maximum atomic E-state index is 13.2. The molecule has 0 aliphatic rings. The molecular formula is C30H26N6O3. The van der Waals surface area contributed by atoms with Crippen molar-refractivity contribution in [3.05, 3.63) is 119 Å². The van der Waals surface area contributed by atoms with Crippen molar-refractivity contribution >= 4 is 50.9 Å². The lowest BCUT2D eigenvalue weighted by Gasteiger charge is -2.23. The second-order valence-corrected chi connectivity index (χ2v) is 9.04. The van der Waals surface area contributed by atoms with Crippen LogP contribution in [-0.4, -0.2) is 41.9 Å². The van der Waals surface area contributed by atoms with E-state index < -0.39 is 4.92 Å². The molecule has 0 aliphatic carbocycles. The third-order valence-corrected chi connectivity index (χ3v) is 6.75. The van der Waals surface area contributed by atoms with Crippen molar-refractivity contribution in [1.29, 1.82) is 0 Å². The van der Waals surface area contributed by atoms with E-state index in [2.05, 4.69) is 9.97 Å². The van der Waals surface area contributed by atoms with E-state index in [1.54, 1.807) is 48.7 Å². The van der Waals surface area contributed by atoms with E-state index in [4.69, 9.17) is 0 Å². The lowest BCUT2D eigenvalue weighted by Crippen LogP contribution is -2.26. The van der Waals surface area contributed by atoms with Crippen LogP contribution in [0.4, 0.5) is 34.1 Å². The first-order chi connectivity index (χ1) is 18.8. The Morgan fingerprint density at radius 2 is 1.31 bits per heavy atom. The number of nitro groups is 1. The molecule has 2 heterocycles. The zero-order valence-electron chi connectivity index (χ0n) is 21.7. The predicted molar refractivity (Wildman–Crippen MR) is 154 cm³/mol. The van der Waals surface area contributed by atoms with Crippen LogP contribution in [-0.2, 0) is 0 Å². The van der Waals surface area contributed by atoms with Gasteiger partial charge in [0.2, 0.25) is 0 Å². The summed E-state index contributed by atoms with van der Waals surface area (Å²) >= 11 is 0. The van der Waals surface area contributed by atoms with E-state index in [9.17, 15) is 14.9 Å². The third-order valence-electron chi connectivity index (χ3n) is 6.75. The number of amides is 1. The molecule has 1 amide bonds. The van der Waals surface area contributed by atoms with Crippen molar-refractivity contribution in [2.45, 2.75) is 0 Å². The van der Waals surface area contributed by atoms with Gasteiger partial charge in [0.15, 0.2) is 0 Å². The average molecular weight is 519 g/mol. The second-order valence-electron chi connectivity index (χ2n) is 9.04. The van der Waals surface area contributed by atoms with Crippen LogP contribution in [0.5, 0.6) is 0 Å². The molecule has 0 aliphatic heterocycles. The standard InChI is InChI=1S/C30H26N6O3/c1-33(25-14-17-31-18-15-25)22-8-10-24(11-9-22)35(3)30(37)21-4-6-23(7-5-21)34(2)29-16-19-32-28-13-12-26(36(38)39)20-27(28)29/h4-20H,1-3H3. The SMILES string of the molecule is CN(C(=O)c1ccc(N(C)c2ccnc3ccc([N+](=O)[O-])cc23)cc1)c1ccc(N(C)c2ccncc2)cc1. The van der Waals surface area contributed by atoms with Gasteiger partial charge in [-0.15, -0.1) is 0 Å².